The molecule has 1 amide bonds. The Morgan fingerprint density at radius 2 is 2.00 bits per heavy atom. The zero-order chi connectivity index (χ0) is 14.7. The Morgan fingerprint density at radius 1 is 1.29 bits per heavy atom. The van der Waals surface area contributed by atoms with Crippen LogP contribution in [0.5, 0.6) is 0 Å². The van der Waals surface area contributed by atoms with E-state index in [0.717, 1.165) is 10.8 Å². The lowest BCUT2D eigenvalue weighted by atomic mass is 10.3. The van der Waals surface area contributed by atoms with Gasteiger partial charge in [0.25, 0.3) is 5.91 Å². The molecule has 1 atom stereocenters. The highest BCUT2D eigenvalue weighted by molar-refractivity contribution is 5.93. The number of carbonyl (C=O) groups is 1. The number of aliphatic hydroxyl groups excluding tert-OH is 1. The molecule has 1 aliphatic rings. The van der Waals surface area contributed by atoms with Gasteiger partial charge in [0.2, 0.25) is 5.95 Å². The quantitative estimate of drug-likeness (QED) is 0.874. The van der Waals surface area contributed by atoms with Crippen molar-refractivity contribution in [3.05, 3.63) is 48.3 Å². The maximum absolute atomic E-state index is 12.1. The van der Waals surface area contributed by atoms with Crippen molar-refractivity contribution in [2.75, 3.05) is 18.5 Å². The number of hydrogen-bond acceptors (Lipinski definition) is 6. The number of nitrogens with zero attached hydrogens (tertiary/aromatic N) is 3. The highest BCUT2D eigenvalue weighted by Crippen LogP contribution is 2.14. The van der Waals surface area contributed by atoms with Crippen molar-refractivity contribution in [2.24, 2.45) is 0 Å². The van der Waals surface area contributed by atoms with E-state index in [-0.39, 0.29) is 19.1 Å². The van der Waals surface area contributed by atoms with Gasteiger partial charge in [-0.3, -0.25) is 9.63 Å². The molecule has 1 saturated heterocycles. The summed E-state index contributed by atoms with van der Waals surface area (Å²) in [5, 5.41) is 13.5. The van der Waals surface area contributed by atoms with Crippen molar-refractivity contribution < 1.29 is 14.7 Å². The summed E-state index contributed by atoms with van der Waals surface area (Å²) in [6.07, 6.45) is 2.21. The van der Waals surface area contributed by atoms with E-state index >= 15 is 0 Å². The molecule has 1 aromatic carbocycles. The molecule has 7 heteroatoms. The third-order valence-electron chi connectivity index (χ3n) is 2.95. The summed E-state index contributed by atoms with van der Waals surface area (Å²) in [4.78, 5) is 25.3. The third kappa shape index (κ3) is 3.15. The molecule has 21 heavy (non-hydrogen) atoms. The molecule has 1 aromatic heterocycles. The smallest absolute Gasteiger partial charge is 0.280 e. The van der Waals surface area contributed by atoms with Crippen LogP contribution in [0.1, 0.15) is 10.4 Å². The average Bonchev–Trinajstić information content (AvgIpc) is 2.95. The van der Waals surface area contributed by atoms with Crippen LogP contribution >= 0.6 is 0 Å². The summed E-state index contributed by atoms with van der Waals surface area (Å²) in [5.74, 6) is 0.0398. The molecule has 2 N–H and O–H groups in total. The Hall–Kier alpha value is -2.51. The number of rotatable bonds is 3. The Bertz CT molecular complexity index is 618. The number of nitrogens with one attached hydrogen (secondary N) is 1. The lowest BCUT2D eigenvalue weighted by Crippen LogP contribution is -2.28. The number of hydroxylamine groups is 2. The van der Waals surface area contributed by atoms with Gasteiger partial charge in [-0.2, -0.15) is 0 Å². The molecule has 0 aliphatic carbocycles. The molecular weight excluding hydrogens is 272 g/mol. The van der Waals surface area contributed by atoms with Crippen LogP contribution in [-0.4, -0.2) is 45.3 Å². The minimum Gasteiger partial charge on any atom is -0.389 e. The van der Waals surface area contributed by atoms with E-state index in [9.17, 15) is 9.90 Å². The highest BCUT2D eigenvalue weighted by Gasteiger charge is 2.27. The maximum atomic E-state index is 12.1. The second kappa shape index (κ2) is 5.86. The fourth-order valence-electron chi connectivity index (χ4n) is 1.91. The van der Waals surface area contributed by atoms with Crippen LogP contribution in [0.25, 0.3) is 0 Å². The number of anilines is 2. The second-order valence-electron chi connectivity index (χ2n) is 4.60. The van der Waals surface area contributed by atoms with E-state index in [4.69, 9.17) is 4.84 Å². The van der Waals surface area contributed by atoms with Gasteiger partial charge in [-0.1, -0.05) is 18.2 Å². The first kappa shape index (κ1) is 13.5. The van der Waals surface area contributed by atoms with E-state index in [2.05, 4.69) is 15.3 Å². The maximum Gasteiger partial charge on any atom is 0.280 e. The van der Waals surface area contributed by atoms with Gasteiger partial charge in [-0.15, -0.1) is 0 Å². The lowest BCUT2D eigenvalue weighted by Gasteiger charge is -2.13. The van der Waals surface area contributed by atoms with E-state index in [1.807, 2.05) is 30.3 Å². The molecule has 2 heterocycles. The van der Waals surface area contributed by atoms with Gasteiger partial charge in [-0.05, 0) is 12.1 Å². The van der Waals surface area contributed by atoms with Gasteiger partial charge >= 0.3 is 0 Å². The third-order valence-corrected chi connectivity index (χ3v) is 2.95. The second-order valence-corrected chi connectivity index (χ2v) is 4.60. The molecule has 0 bridgehead atoms. The van der Waals surface area contributed by atoms with Crippen molar-refractivity contribution >= 4 is 17.5 Å². The van der Waals surface area contributed by atoms with E-state index in [0.29, 0.717) is 11.5 Å². The van der Waals surface area contributed by atoms with Crippen LogP contribution in [0.15, 0.2) is 42.7 Å². The molecule has 0 radical (unpaired) electrons. The summed E-state index contributed by atoms with van der Waals surface area (Å²) in [7, 11) is 0. The Labute approximate surface area is 121 Å². The number of β-amino-alcohol motifs (C(OH)–C–C–N with tert-alkyl or cyclic N) is 1. The van der Waals surface area contributed by atoms with Crippen molar-refractivity contribution in [3.63, 3.8) is 0 Å². The van der Waals surface area contributed by atoms with Gasteiger partial charge in [-0.25, -0.2) is 15.0 Å². The summed E-state index contributed by atoms with van der Waals surface area (Å²) >= 11 is 0. The van der Waals surface area contributed by atoms with Crippen LogP contribution in [0.4, 0.5) is 11.6 Å². The predicted molar refractivity (Wildman–Crippen MR) is 74.8 cm³/mol. The number of para-hydroxylation sites is 1. The standard InChI is InChI=1S/C14H14N4O3/c19-12-8-18(21-9-12)13(20)10-6-15-14(16-7-10)17-11-4-2-1-3-5-11/h1-7,12,19H,8-9H2,(H,15,16,17). The molecule has 7 nitrogen and oxygen atoms in total. The number of aromatic nitrogens is 2. The summed E-state index contributed by atoms with van der Waals surface area (Å²) in [6.45, 7) is 0.281. The van der Waals surface area contributed by atoms with Crippen molar-refractivity contribution in [3.8, 4) is 0 Å². The molecule has 2 aromatic rings. The number of hydrogen-bond donors (Lipinski definition) is 2. The number of amides is 1. The largest absolute Gasteiger partial charge is 0.389 e. The van der Waals surface area contributed by atoms with Gasteiger partial charge in [0.1, 0.15) is 12.7 Å². The minimum absolute atomic E-state index is 0.125. The normalized spacial score (nSPS) is 17.8. The molecular formula is C14H14N4O3. The molecule has 0 spiro atoms. The molecule has 1 aliphatic heterocycles. The summed E-state index contributed by atoms with van der Waals surface area (Å²) < 4.78 is 0. The summed E-state index contributed by atoms with van der Waals surface area (Å²) in [5.41, 5.74) is 1.17. The SMILES string of the molecule is O=C(c1cnc(Nc2ccccc2)nc1)N1CC(O)CO1. The lowest BCUT2D eigenvalue weighted by molar-refractivity contribution is -0.0780. The first-order valence-corrected chi connectivity index (χ1v) is 6.49. The zero-order valence-electron chi connectivity index (χ0n) is 11.1. The average molecular weight is 286 g/mol. The number of benzene rings is 1. The van der Waals surface area contributed by atoms with E-state index in [1.54, 1.807) is 0 Å². The molecule has 0 saturated carbocycles. The first-order chi connectivity index (χ1) is 10.2. The topological polar surface area (TPSA) is 87.6 Å². The van der Waals surface area contributed by atoms with Crippen LogP contribution in [0.3, 0.4) is 0 Å². The predicted octanol–water partition coefficient (Wildman–Crippen LogP) is 0.968. The Balaban J connectivity index is 1.68. The molecule has 1 unspecified atom stereocenters. The monoisotopic (exact) mass is 286 g/mol. The fourth-order valence-corrected chi connectivity index (χ4v) is 1.91. The van der Waals surface area contributed by atoms with Crippen LogP contribution in [-0.2, 0) is 4.84 Å². The van der Waals surface area contributed by atoms with Gasteiger partial charge in [0.05, 0.1) is 12.1 Å². The van der Waals surface area contributed by atoms with Crippen molar-refractivity contribution in [2.45, 2.75) is 6.10 Å². The number of aliphatic hydroxyl groups is 1. The van der Waals surface area contributed by atoms with Gasteiger partial charge in [0.15, 0.2) is 0 Å². The van der Waals surface area contributed by atoms with E-state index in [1.165, 1.54) is 12.4 Å². The van der Waals surface area contributed by atoms with Crippen LogP contribution in [0, 0.1) is 0 Å². The Kier molecular flexibility index (Phi) is 3.76. The van der Waals surface area contributed by atoms with Crippen LogP contribution < -0.4 is 5.32 Å². The Morgan fingerprint density at radius 3 is 2.62 bits per heavy atom. The number of carbonyl (C=O) groups excluding carboxylic acids is 1. The van der Waals surface area contributed by atoms with E-state index < -0.39 is 6.10 Å². The van der Waals surface area contributed by atoms with Crippen molar-refractivity contribution in [1.82, 2.24) is 15.0 Å². The van der Waals surface area contributed by atoms with Crippen molar-refractivity contribution in [1.29, 1.82) is 0 Å². The fraction of sp³-hybridized carbons (Fsp3) is 0.214. The molecule has 3 rings (SSSR count). The summed E-state index contributed by atoms with van der Waals surface area (Å²) in [6, 6.07) is 9.49. The minimum atomic E-state index is -0.645. The highest BCUT2D eigenvalue weighted by atomic mass is 16.7. The molecule has 1 fully saturated rings. The zero-order valence-corrected chi connectivity index (χ0v) is 11.1. The van der Waals surface area contributed by atoms with Gasteiger partial charge in [0, 0.05) is 18.1 Å². The molecule has 108 valence electrons. The first-order valence-electron chi connectivity index (χ1n) is 6.49. The van der Waals surface area contributed by atoms with Crippen LogP contribution in [0.2, 0.25) is 0 Å². The van der Waals surface area contributed by atoms with Gasteiger partial charge < -0.3 is 10.4 Å².